The maximum absolute atomic E-state index is 13.7. The van der Waals surface area contributed by atoms with E-state index in [1.807, 2.05) is 41.8 Å². The predicted octanol–water partition coefficient (Wildman–Crippen LogP) is 3.22. The van der Waals surface area contributed by atoms with Crippen molar-refractivity contribution in [3.63, 3.8) is 0 Å². The molecule has 0 spiro atoms. The van der Waals surface area contributed by atoms with E-state index >= 15 is 0 Å². The van der Waals surface area contributed by atoms with Crippen LogP contribution in [0.4, 0.5) is 4.39 Å². The maximum Gasteiger partial charge on any atom is 0.191 e. The molecular weight excluding hydrogens is 446 g/mol. The van der Waals surface area contributed by atoms with E-state index in [1.165, 1.54) is 0 Å². The SMILES string of the molecule is CN=C(NCc1nnc2ccccn12)NC(C)c1ccc(C)c(F)c1.I. The van der Waals surface area contributed by atoms with Gasteiger partial charge in [-0.2, -0.15) is 0 Å². The highest BCUT2D eigenvalue weighted by atomic mass is 127. The lowest BCUT2D eigenvalue weighted by Crippen LogP contribution is -2.38. The summed E-state index contributed by atoms with van der Waals surface area (Å²) in [4.78, 5) is 4.22. The Morgan fingerprint density at radius 3 is 2.81 bits per heavy atom. The third-order valence-electron chi connectivity index (χ3n) is 4.07. The van der Waals surface area contributed by atoms with Crippen molar-refractivity contribution in [1.29, 1.82) is 0 Å². The van der Waals surface area contributed by atoms with Gasteiger partial charge in [-0.3, -0.25) is 9.39 Å². The quantitative estimate of drug-likeness (QED) is 0.351. The van der Waals surface area contributed by atoms with E-state index in [9.17, 15) is 4.39 Å². The number of halogens is 2. The molecule has 26 heavy (non-hydrogen) atoms. The first-order chi connectivity index (χ1) is 12.1. The van der Waals surface area contributed by atoms with Crippen molar-refractivity contribution >= 4 is 35.6 Å². The van der Waals surface area contributed by atoms with Gasteiger partial charge in [-0.1, -0.05) is 18.2 Å². The zero-order valence-electron chi connectivity index (χ0n) is 14.9. The fourth-order valence-electron chi connectivity index (χ4n) is 2.54. The van der Waals surface area contributed by atoms with Crippen molar-refractivity contribution in [2.24, 2.45) is 4.99 Å². The van der Waals surface area contributed by atoms with E-state index in [0.29, 0.717) is 18.1 Å². The van der Waals surface area contributed by atoms with Crippen LogP contribution in [0.2, 0.25) is 0 Å². The molecule has 6 nitrogen and oxygen atoms in total. The number of aromatic nitrogens is 3. The summed E-state index contributed by atoms with van der Waals surface area (Å²) in [5, 5.41) is 14.8. The van der Waals surface area contributed by atoms with Crippen molar-refractivity contribution in [1.82, 2.24) is 25.2 Å². The lowest BCUT2D eigenvalue weighted by molar-refractivity contribution is 0.607. The number of hydrogen-bond donors (Lipinski definition) is 2. The average molecular weight is 468 g/mol. The van der Waals surface area contributed by atoms with Gasteiger partial charge in [0.1, 0.15) is 5.82 Å². The number of aryl methyl sites for hydroxylation is 1. The Labute approximate surface area is 169 Å². The van der Waals surface area contributed by atoms with Crippen LogP contribution in [0.15, 0.2) is 47.6 Å². The molecule has 0 radical (unpaired) electrons. The normalized spacial score (nSPS) is 12.5. The second-order valence-corrected chi connectivity index (χ2v) is 5.85. The Morgan fingerprint density at radius 1 is 1.27 bits per heavy atom. The second-order valence-electron chi connectivity index (χ2n) is 5.85. The third-order valence-corrected chi connectivity index (χ3v) is 4.07. The molecule has 2 N–H and O–H groups in total. The van der Waals surface area contributed by atoms with Gasteiger partial charge in [0.2, 0.25) is 0 Å². The number of fused-ring (bicyclic) bond motifs is 1. The van der Waals surface area contributed by atoms with Crippen LogP contribution < -0.4 is 10.6 Å². The zero-order valence-corrected chi connectivity index (χ0v) is 17.2. The van der Waals surface area contributed by atoms with Crippen LogP contribution in [-0.4, -0.2) is 27.6 Å². The predicted molar refractivity (Wildman–Crippen MR) is 111 cm³/mol. The van der Waals surface area contributed by atoms with Gasteiger partial charge in [0.25, 0.3) is 0 Å². The monoisotopic (exact) mass is 468 g/mol. The highest BCUT2D eigenvalue weighted by molar-refractivity contribution is 14.0. The highest BCUT2D eigenvalue weighted by Crippen LogP contribution is 2.16. The van der Waals surface area contributed by atoms with Crippen LogP contribution in [0.25, 0.3) is 5.65 Å². The molecule has 3 rings (SSSR count). The molecule has 0 fully saturated rings. The fourth-order valence-corrected chi connectivity index (χ4v) is 2.54. The molecule has 0 bridgehead atoms. The molecule has 3 aromatic rings. The largest absolute Gasteiger partial charge is 0.350 e. The van der Waals surface area contributed by atoms with Gasteiger partial charge in [-0.05, 0) is 43.2 Å². The van der Waals surface area contributed by atoms with E-state index in [4.69, 9.17) is 0 Å². The van der Waals surface area contributed by atoms with Crippen LogP contribution in [0.5, 0.6) is 0 Å². The van der Waals surface area contributed by atoms with Crippen LogP contribution >= 0.6 is 24.0 Å². The first-order valence-electron chi connectivity index (χ1n) is 8.10. The summed E-state index contributed by atoms with van der Waals surface area (Å²) in [6.45, 7) is 4.18. The molecule has 0 aliphatic carbocycles. The van der Waals surface area contributed by atoms with Crippen molar-refractivity contribution in [2.45, 2.75) is 26.4 Å². The van der Waals surface area contributed by atoms with Crippen LogP contribution in [0, 0.1) is 12.7 Å². The number of pyridine rings is 1. The molecule has 1 unspecified atom stereocenters. The number of nitrogens with one attached hydrogen (secondary N) is 2. The molecule has 0 aliphatic rings. The van der Waals surface area contributed by atoms with E-state index in [2.05, 4.69) is 25.8 Å². The number of benzene rings is 1. The number of guanidine groups is 1. The van der Waals surface area contributed by atoms with Gasteiger partial charge in [0.15, 0.2) is 17.4 Å². The minimum absolute atomic E-state index is 0. The van der Waals surface area contributed by atoms with Gasteiger partial charge in [-0.25, -0.2) is 4.39 Å². The van der Waals surface area contributed by atoms with E-state index in [1.54, 1.807) is 26.1 Å². The minimum Gasteiger partial charge on any atom is -0.350 e. The molecule has 2 heterocycles. The summed E-state index contributed by atoms with van der Waals surface area (Å²) in [5.74, 6) is 1.19. The van der Waals surface area contributed by atoms with Gasteiger partial charge < -0.3 is 10.6 Å². The molecule has 8 heteroatoms. The number of nitrogens with zero attached hydrogens (tertiary/aromatic N) is 4. The van der Waals surface area contributed by atoms with Crippen molar-refractivity contribution in [2.75, 3.05) is 7.05 Å². The van der Waals surface area contributed by atoms with Gasteiger partial charge in [-0.15, -0.1) is 34.2 Å². The van der Waals surface area contributed by atoms with E-state index < -0.39 is 0 Å². The Hall–Kier alpha value is -2.23. The Bertz CT molecular complexity index is 908. The van der Waals surface area contributed by atoms with Gasteiger partial charge >= 0.3 is 0 Å². The smallest absolute Gasteiger partial charge is 0.191 e. The molecule has 2 aromatic heterocycles. The first-order valence-corrected chi connectivity index (χ1v) is 8.10. The third kappa shape index (κ3) is 4.48. The molecule has 0 amide bonds. The zero-order chi connectivity index (χ0) is 17.8. The van der Waals surface area contributed by atoms with Crippen LogP contribution in [0.1, 0.15) is 29.9 Å². The maximum atomic E-state index is 13.7. The fraction of sp³-hybridized carbons (Fsp3) is 0.278. The van der Waals surface area contributed by atoms with Gasteiger partial charge in [0, 0.05) is 13.2 Å². The minimum atomic E-state index is -0.205. The van der Waals surface area contributed by atoms with Crippen molar-refractivity contribution in [3.05, 3.63) is 65.4 Å². The van der Waals surface area contributed by atoms with E-state index in [-0.39, 0.29) is 35.8 Å². The lowest BCUT2D eigenvalue weighted by atomic mass is 10.1. The standard InChI is InChI=1S/C18H21FN6.HI/c1-12-7-8-14(10-15(12)19)13(2)22-18(20-3)21-11-17-24-23-16-6-4-5-9-25(16)17;/h4-10,13H,11H2,1-3H3,(H2,20,21,22);1H. The number of rotatable bonds is 4. The average Bonchev–Trinajstić information content (AvgIpc) is 3.04. The molecule has 138 valence electrons. The molecule has 1 aromatic carbocycles. The molecule has 0 aliphatic heterocycles. The van der Waals surface area contributed by atoms with Gasteiger partial charge in [0.05, 0.1) is 12.6 Å². The summed E-state index contributed by atoms with van der Waals surface area (Å²) in [5.41, 5.74) is 2.29. The molecule has 0 saturated carbocycles. The summed E-state index contributed by atoms with van der Waals surface area (Å²) in [7, 11) is 1.69. The van der Waals surface area contributed by atoms with Crippen LogP contribution in [-0.2, 0) is 6.54 Å². The van der Waals surface area contributed by atoms with Crippen LogP contribution in [0.3, 0.4) is 0 Å². The summed E-state index contributed by atoms with van der Waals surface area (Å²) in [6, 6.07) is 10.9. The Kier molecular flexibility index (Phi) is 6.90. The number of hydrogen-bond acceptors (Lipinski definition) is 3. The Morgan fingerprint density at radius 2 is 2.08 bits per heavy atom. The topological polar surface area (TPSA) is 66.6 Å². The highest BCUT2D eigenvalue weighted by Gasteiger charge is 2.11. The Balaban J connectivity index is 0.00000243. The second kappa shape index (κ2) is 8.93. The summed E-state index contributed by atoms with van der Waals surface area (Å²) in [6.07, 6.45) is 1.92. The first kappa shape index (κ1) is 20.1. The number of aliphatic imine (C=N–C) groups is 1. The summed E-state index contributed by atoms with van der Waals surface area (Å²) < 4.78 is 15.7. The van der Waals surface area contributed by atoms with E-state index in [0.717, 1.165) is 17.0 Å². The summed E-state index contributed by atoms with van der Waals surface area (Å²) >= 11 is 0. The molecule has 0 saturated heterocycles. The van der Waals surface area contributed by atoms with Crippen molar-refractivity contribution in [3.8, 4) is 0 Å². The molecule has 1 atom stereocenters. The van der Waals surface area contributed by atoms with Crippen molar-refractivity contribution < 1.29 is 4.39 Å². The lowest BCUT2D eigenvalue weighted by Gasteiger charge is -2.18. The molecular formula is C18H22FIN6.